The predicted molar refractivity (Wildman–Crippen MR) is 96.5 cm³/mol. The number of nitrogens with zero attached hydrogens (tertiary/aromatic N) is 4. The van der Waals surface area contributed by atoms with Crippen LogP contribution in [0.2, 0.25) is 0 Å². The zero-order valence-corrected chi connectivity index (χ0v) is 15.3. The average molecular weight is 345 g/mol. The van der Waals surface area contributed by atoms with Crippen molar-refractivity contribution in [2.24, 2.45) is 0 Å². The van der Waals surface area contributed by atoms with Crippen molar-refractivity contribution in [1.82, 2.24) is 24.6 Å². The van der Waals surface area contributed by atoms with Crippen LogP contribution in [-0.2, 0) is 11.3 Å². The van der Waals surface area contributed by atoms with Crippen molar-refractivity contribution in [2.75, 3.05) is 26.7 Å². The van der Waals surface area contributed by atoms with Gasteiger partial charge in [0.15, 0.2) is 11.6 Å². The van der Waals surface area contributed by atoms with Gasteiger partial charge in [0.25, 0.3) is 0 Å². The number of hydrogen-bond acceptors (Lipinski definition) is 5. The first-order valence-corrected chi connectivity index (χ1v) is 8.98. The Labute approximate surface area is 148 Å². The third-order valence-electron chi connectivity index (χ3n) is 4.71. The number of aromatic amines is 1. The normalized spacial score (nSPS) is 16.9. The summed E-state index contributed by atoms with van der Waals surface area (Å²) in [6.07, 6.45) is 3.67. The van der Waals surface area contributed by atoms with Gasteiger partial charge in [0, 0.05) is 19.7 Å². The largest absolute Gasteiger partial charge is 0.374 e. The lowest BCUT2D eigenvalue weighted by Gasteiger charge is -2.26. The van der Waals surface area contributed by atoms with Crippen LogP contribution in [0.15, 0.2) is 16.9 Å². The monoisotopic (exact) mass is 345 g/mol. The minimum Gasteiger partial charge on any atom is -0.374 e. The van der Waals surface area contributed by atoms with Crippen LogP contribution in [0.4, 0.5) is 0 Å². The number of H-pyrrole nitrogens is 1. The summed E-state index contributed by atoms with van der Waals surface area (Å²) in [5.41, 5.74) is 1.48. The molecule has 0 aliphatic carbocycles. The summed E-state index contributed by atoms with van der Waals surface area (Å²) in [5, 5.41) is 4.63. The van der Waals surface area contributed by atoms with Gasteiger partial charge in [-0.1, -0.05) is 6.42 Å². The Kier molecular flexibility index (Phi) is 5.65. The Balaban J connectivity index is 1.88. The zero-order valence-electron chi connectivity index (χ0n) is 15.3. The van der Waals surface area contributed by atoms with Gasteiger partial charge in [-0.05, 0) is 51.4 Å². The highest BCUT2D eigenvalue weighted by molar-refractivity contribution is 5.50. The molecule has 3 heterocycles. The van der Waals surface area contributed by atoms with Crippen molar-refractivity contribution in [1.29, 1.82) is 0 Å². The number of ether oxygens (including phenoxy) is 1. The van der Waals surface area contributed by atoms with E-state index in [-0.39, 0.29) is 11.7 Å². The minimum atomic E-state index is -0.188. The van der Waals surface area contributed by atoms with E-state index in [9.17, 15) is 4.79 Å². The number of nitrogens with one attached hydrogen (secondary N) is 1. The van der Waals surface area contributed by atoms with Crippen molar-refractivity contribution in [3.63, 3.8) is 0 Å². The molecule has 3 rings (SSSR count). The molecule has 136 valence electrons. The molecule has 0 spiro atoms. The molecular weight excluding hydrogens is 318 g/mol. The van der Waals surface area contributed by atoms with Crippen molar-refractivity contribution >= 4 is 0 Å². The summed E-state index contributed by atoms with van der Waals surface area (Å²) < 4.78 is 7.25. The maximum atomic E-state index is 11.9. The molecule has 1 atom stereocenters. The molecule has 7 nitrogen and oxygen atoms in total. The van der Waals surface area contributed by atoms with Crippen molar-refractivity contribution < 1.29 is 4.74 Å². The number of rotatable bonds is 6. The minimum absolute atomic E-state index is 0.123. The second-order valence-electron chi connectivity index (χ2n) is 6.73. The van der Waals surface area contributed by atoms with Crippen LogP contribution >= 0.6 is 0 Å². The van der Waals surface area contributed by atoms with Gasteiger partial charge in [0.2, 0.25) is 5.56 Å². The van der Waals surface area contributed by atoms with Crippen molar-refractivity contribution in [2.45, 2.75) is 45.8 Å². The molecule has 2 aromatic heterocycles. The summed E-state index contributed by atoms with van der Waals surface area (Å²) in [6.45, 7) is 7.81. The van der Waals surface area contributed by atoms with Gasteiger partial charge in [-0.25, -0.2) is 9.67 Å². The molecule has 0 radical (unpaired) electrons. The maximum Gasteiger partial charge on any atom is 0.248 e. The number of likely N-dealkylation sites (tertiary alicyclic amines) is 1. The van der Waals surface area contributed by atoms with Crippen LogP contribution < -0.4 is 5.56 Å². The quantitative estimate of drug-likeness (QED) is 0.868. The first-order chi connectivity index (χ1) is 12.1. The number of methoxy groups -OCH3 is 1. The Morgan fingerprint density at radius 1 is 1.24 bits per heavy atom. The average Bonchev–Trinajstić information content (AvgIpc) is 3.03. The highest BCUT2D eigenvalue weighted by Crippen LogP contribution is 2.19. The number of aromatic nitrogens is 4. The van der Waals surface area contributed by atoms with Crippen LogP contribution in [0.3, 0.4) is 0 Å². The van der Waals surface area contributed by atoms with E-state index in [1.807, 2.05) is 24.6 Å². The van der Waals surface area contributed by atoms with E-state index in [0.717, 1.165) is 31.7 Å². The maximum absolute atomic E-state index is 11.9. The summed E-state index contributed by atoms with van der Waals surface area (Å²) >= 11 is 0. The smallest absolute Gasteiger partial charge is 0.248 e. The topological polar surface area (TPSA) is 76.0 Å². The van der Waals surface area contributed by atoms with Crippen LogP contribution in [0.25, 0.3) is 11.5 Å². The zero-order chi connectivity index (χ0) is 17.8. The van der Waals surface area contributed by atoms with Gasteiger partial charge in [0.05, 0.1) is 12.2 Å². The molecule has 0 saturated carbocycles. The predicted octanol–water partition coefficient (Wildman–Crippen LogP) is 2.14. The Bertz CT molecular complexity index is 761. The summed E-state index contributed by atoms with van der Waals surface area (Å²) in [4.78, 5) is 21.8. The van der Waals surface area contributed by atoms with E-state index in [0.29, 0.717) is 17.3 Å². The van der Waals surface area contributed by atoms with Crippen molar-refractivity contribution in [3.05, 3.63) is 33.9 Å². The van der Waals surface area contributed by atoms with Crippen LogP contribution in [0, 0.1) is 6.92 Å². The molecule has 0 amide bonds. The molecule has 1 N–H and O–H groups in total. The number of piperidine rings is 1. The van der Waals surface area contributed by atoms with Crippen LogP contribution in [0.5, 0.6) is 0 Å². The Morgan fingerprint density at radius 2 is 2.00 bits per heavy atom. The highest BCUT2D eigenvalue weighted by Gasteiger charge is 2.18. The van der Waals surface area contributed by atoms with Gasteiger partial charge >= 0.3 is 0 Å². The molecule has 7 heteroatoms. The molecule has 0 aromatic carbocycles. The summed E-state index contributed by atoms with van der Waals surface area (Å²) in [7, 11) is 1.65. The lowest BCUT2D eigenvalue weighted by molar-refractivity contribution is 0.111. The molecule has 0 bridgehead atoms. The molecule has 1 aliphatic heterocycles. The third-order valence-corrected chi connectivity index (χ3v) is 4.71. The van der Waals surface area contributed by atoms with Crippen molar-refractivity contribution in [3.8, 4) is 11.5 Å². The van der Waals surface area contributed by atoms with Gasteiger partial charge < -0.3 is 14.6 Å². The van der Waals surface area contributed by atoms with E-state index in [2.05, 4.69) is 20.0 Å². The molecule has 1 aliphatic rings. The fourth-order valence-corrected chi connectivity index (χ4v) is 3.21. The Hall–Kier alpha value is -1.99. The van der Waals surface area contributed by atoms with E-state index in [1.165, 1.54) is 19.3 Å². The molecule has 2 aromatic rings. The number of pyridine rings is 1. The fourth-order valence-electron chi connectivity index (χ4n) is 3.21. The first-order valence-electron chi connectivity index (χ1n) is 8.98. The van der Waals surface area contributed by atoms with Crippen LogP contribution in [-0.4, -0.2) is 51.4 Å². The molecular formula is C18H27N5O2. The fraction of sp³-hybridized carbons (Fsp3) is 0.611. The van der Waals surface area contributed by atoms with Gasteiger partial charge in [0.1, 0.15) is 6.10 Å². The van der Waals surface area contributed by atoms with Gasteiger partial charge in [-0.3, -0.25) is 4.79 Å². The lowest BCUT2D eigenvalue weighted by Crippen LogP contribution is -2.33. The third kappa shape index (κ3) is 4.35. The first kappa shape index (κ1) is 17.8. The standard InChI is InChI=1S/C18H27N5O2/c1-13-11-15(19-16(24)12-13)18-20-17(14(2)25-3)21-23(18)10-9-22-7-5-4-6-8-22/h11-12,14H,4-10H2,1-3H3,(H,19,24). The lowest BCUT2D eigenvalue weighted by atomic mass is 10.1. The van der Waals surface area contributed by atoms with E-state index >= 15 is 0 Å². The molecule has 1 fully saturated rings. The molecule has 1 saturated heterocycles. The highest BCUT2D eigenvalue weighted by atomic mass is 16.5. The number of hydrogen-bond donors (Lipinski definition) is 1. The van der Waals surface area contributed by atoms with Gasteiger partial charge in [-0.2, -0.15) is 5.10 Å². The summed E-state index contributed by atoms with van der Waals surface area (Å²) in [6, 6.07) is 3.51. The SMILES string of the molecule is COC(C)c1nc(-c2cc(C)cc(=O)[nH]2)n(CCN2CCCCC2)n1. The summed E-state index contributed by atoms with van der Waals surface area (Å²) in [5.74, 6) is 1.33. The van der Waals surface area contributed by atoms with Crippen LogP contribution in [0.1, 0.15) is 43.7 Å². The van der Waals surface area contributed by atoms with E-state index in [4.69, 9.17) is 4.74 Å². The van der Waals surface area contributed by atoms with Gasteiger partial charge in [-0.15, -0.1) is 0 Å². The number of aryl methyl sites for hydroxylation is 1. The molecule has 1 unspecified atom stereocenters. The second kappa shape index (κ2) is 7.93. The second-order valence-corrected chi connectivity index (χ2v) is 6.73. The molecule has 25 heavy (non-hydrogen) atoms. The Morgan fingerprint density at radius 3 is 2.68 bits per heavy atom. The van der Waals surface area contributed by atoms with E-state index in [1.54, 1.807) is 13.2 Å². The van der Waals surface area contributed by atoms with E-state index < -0.39 is 0 Å².